The molecule has 0 fully saturated rings. The van der Waals surface area contributed by atoms with E-state index in [2.05, 4.69) is 25.5 Å². The van der Waals surface area contributed by atoms with Crippen molar-refractivity contribution in [1.82, 2.24) is 20.2 Å². The van der Waals surface area contributed by atoms with Gasteiger partial charge in [-0.1, -0.05) is 23.1 Å². The number of aryl methyl sites for hydroxylation is 1. The summed E-state index contributed by atoms with van der Waals surface area (Å²) in [6, 6.07) is 0. The van der Waals surface area contributed by atoms with Crippen LogP contribution in [-0.2, 0) is 0 Å². The smallest absolute Gasteiger partial charge is 0.224 e. The Morgan fingerprint density at radius 3 is 2.85 bits per heavy atom. The van der Waals surface area contributed by atoms with E-state index in [9.17, 15) is 4.39 Å². The van der Waals surface area contributed by atoms with Crippen molar-refractivity contribution >= 4 is 34.9 Å². The van der Waals surface area contributed by atoms with Crippen LogP contribution in [0.4, 0.5) is 16.2 Å². The van der Waals surface area contributed by atoms with E-state index < -0.39 is 5.82 Å². The summed E-state index contributed by atoms with van der Waals surface area (Å²) in [4.78, 5) is 9.64. The summed E-state index contributed by atoms with van der Waals surface area (Å²) in [7, 11) is 3.48. The first-order valence-corrected chi connectivity index (χ1v) is 7.73. The maximum atomic E-state index is 13.4. The second-order valence-electron chi connectivity index (χ2n) is 4.12. The fourth-order valence-electron chi connectivity index (χ4n) is 1.39. The highest BCUT2D eigenvalue weighted by molar-refractivity contribution is 8.01. The van der Waals surface area contributed by atoms with Crippen LogP contribution in [0.3, 0.4) is 0 Å². The first kappa shape index (κ1) is 14.9. The van der Waals surface area contributed by atoms with Crippen molar-refractivity contribution in [3.05, 3.63) is 17.0 Å². The molecule has 0 radical (unpaired) electrons. The van der Waals surface area contributed by atoms with Gasteiger partial charge in [0.05, 0.1) is 6.20 Å². The summed E-state index contributed by atoms with van der Waals surface area (Å²) in [5, 5.41) is 12.0. The molecule has 1 N–H and O–H groups in total. The van der Waals surface area contributed by atoms with Crippen LogP contribution in [0.2, 0.25) is 0 Å². The van der Waals surface area contributed by atoms with Gasteiger partial charge in [0.1, 0.15) is 5.01 Å². The van der Waals surface area contributed by atoms with E-state index in [4.69, 9.17) is 0 Å². The van der Waals surface area contributed by atoms with Gasteiger partial charge in [0.15, 0.2) is 16.0 Å². The molecule has 0 aromatic carbocycles. The zero-order valence-corrected chi connectivity index (χ0v) is 13.1. The molecule has 9 heteroatoms. The fourth-order valence-corrected chi connectivity index (χ4v) is 3.14. The summed E-state index contributed by atoms with van der Waals surface area (Å²) < 4.78 is 14.4. The van der Waals surface area contributed by atoms with Gasteiger partial charge in [-0.3, -0.25) is 0 Å². The molecule has 0 unspecified atom stereocenters. The largest absolute Gasteiger partial charge is 0.360 e. The number of hydrogen-bond acceptors (Lipinski definition) is 8. The first-order chi connectivity index (χ1) is 9.56. The van der Waals surface area contributed by atoms with Crippen molar-refractivity contribution in [3.8, 4) is 0 Å². The van der Waals surface area contributed by atoms with Crippen LogP contribution in [-0.4, -0.2) is 46.6 Å². The normalized spacial score (nSPS) is 10.6. The van der Waals surface area contributed by atoms with Crippen LogP contribution in [0, 0.1) is 12.7 Å². The lowest BCUT2D eigenvalue weighted by Crippen LogP contribution is -2.15. The Balaban J connectivity index is 1.83. The third-order valence-corrected chi connectivity index (χ3v) is 4.24. The molecule has 108 valence electrons. The van der Waals surface area contributed by atoms with Crippen LogP contribution < -0.4 is 10.2 Å². The predicted octanol–water partition coefficient (Wildman–Crippen LogP) is 2.05. The van der Waals surface area contributed by atoms with Gasteiger partial charge in [0.25, 0.3) is 0 Å². The Morgan fingerprint density at radius 2 is 2.20 bits per heavy atom. The maximum absolute atomic E-state index is 13.4. The lowest BCUT2D eigenvalue weighted by atomic mass is 10.5. The van der Waals surface area contributed by atoms with Gasteiger partial charge >= 0.3 is 0 Å². The van der Waals surface area contributed by atoms with E-state index in [1.165, 1.54) is 6.20 Å². The molecule has 0 bridgehead atoms. The van der Waals surface area contributed by atoms with Gasteiger partial charge in [-0.15, -0.1) is 10.2 Å². The highest BCUT2D eigenvalue weighted by Gasteiger charge is 2.08. The minimum Gasteiger partial charge on any atom is -0.360 e. The zero-order valence-electron chi connectivity index (χ0n) is 11.4. The van der Waals surface area contributed by atoms with Crippen molar-refractivity contribution in [3.63, 3.8) is 0 Å². The Kier molecular flexibility index (Phi) is 5.07. The highest BCUT2D eigenvalue weighted by atomic mass is 32.2. The van der Waals surface area contributed by atoms with Gasteiger partial charge in [0, 0.05) is 26.4 Å². The molecule has 0 spiro atoms. The van der Waals surface area contributed by atoms with Gasteiger partial charge < -0.3 is 10.2 Å². The average Bonchev–Trinajstić information content (AvgIpc) is 2.82. The number of nitrogens with zero attached hydrogens (tertiary/aromatic N) is 5. The average molecular weight is 314 g/mol. The van der Waals surface area contributed by atoms with E-state index in [0.29, 0.717) is 12.5 Å². The van der Waals surface area contributed by atoms with Crippen LogP contribution >= 0.6 is 23.1 Å². The number of anilines is 2. The van der Waals surface area contributed by atoms with Crippen LogP contribution in [0.1, 0.15) is 5.01 Å². The van der Waals surface area contributed by atoms with E-state index in [1.54, 1.807) is 42.1 Å². The van der Waals surface area contributed by atoms with E-state index >= 15 is 0 Å². The quantitative estimate of drug-likeness (QED) is 0.646. The van der Waals surface area contributed by atoms with E-state index in [0.717, 1.165) is 15.1 Å². The summed E-state index contributed by atoms with van der Waals surface area (Å²) in [5.41, 5.74) is 0. The maximum Gasteiger partial charge on any atom is 0.224 e. The van der Waals surface area contributed by atoms with Gasteiger partial charge in [-0.2, -0.15) is 4.98 Å². The molecule has 0 saturated heterocycles. The molecule has 0 saturated carbocycles. The molecule has 2 aromatic rings. The van der Waals surface area contributed by atoms with Crippen LogP contribution in [0.15, 0.2) is 10.5 Å². The summed E-state index contributed by atoms with van der Waals surface area (Å²) in [6.07, 6.45) is 1.17. The summed E-state index contributed by atoms with van der Waals surface area (Å²) >= 11 is 3.18. The molecule has 20 heavy (non-hydrogen) atoms. The third-order valence-electron chi connectivity index (χ3n) is 2.27. The molecular formula is C11H15FN6S2. The van der Waals surface area contributed by atoms with E-state index in [-0.39, 0.29) is 5.82 Å². The second-order valence-corrected chi connectivity index (χ2v) is 6.65. The summed E-state index contributed by atoms with van der Waals surface area (Å²) in [6.45, 7) is 2.59. The third kappa shape index (κ3) is 4.01. The zero-order chi connectivity index (χ0) is 14.5. The first-order valence-electron chi connectivity index (χ1n) is 5.93. The summed E-state index contributed by atoms with van der Waals surface area (Å²) in [5.74, 6) is 1.07. The Labute approximate surface area is 124 Å². The molecule has 2 rings (SSSR count). The number of aromatic nitrogens is 4. The standard InChI is InChI=1S/C11H15FN6S2/c1-7-16-17-11(20-7)19-5-4-13-10-14-6-8(12)9(15-10)18(2)3/h6H,4-5H2,1-3H3,(H,13,14,15). The Hall–Kier alpha value is -1.48. The minimum absolute atomic E-state index is 0.273. The molecule has 2 aromatic heterocycles. The number of thioether (sulfide) groups is 1. The lowest BCUT2D eigenvalue weighted by Gasteiger charge is -2.13. The molecule has 0 atom stereocenters. The molecule has 2 heterocycles. The van der Waals surface area contributed by atoms with Gasteiger partial charge in [0.2, 0.25) is 5.95 Å². The van der Waals surface area contributed by atoms with Crippen molar-refractivity contribution in [2.45, 2.75) is 11.3 Å². The number of rotatable bonds is 6. The van der Waals surface area contributed by atoms with Crippen molar-refractivity contribution < 1.29 is 4.39 Å². The molecule has 6 nitrogen and oxygen atoms in total. The highest BCUT2D eigenvalue weighted by Crippen LogP contribution is 2.21. The van der Waals surface area contributed by atoms with E-state index in [1.807, 2.05) is 6.92 Å². The molecule has 0 amide bonds. The predicted molar refractivity (Wildman–Crippen MR) is 80.2 cm³/mol. The van der Waals surface area contributed by atoms with Crippen molar-refractivity contribution in [2.24, 2.45) is 0 Å². The molecular weight excluding hydrogens is 299 g/mol. The van der Waals surface area contributed by atoms with Crippen molar-refractivity contribution in [1.29, 1.82) is 0 Å². The number of nitrogens with one attached hydrogen (secondary N) is 1. The molecule has 0 aliphatic carbocycles. The van der Waals surface area contributed by atoms with Crippen LogP contribution in [0.5, 0.6) is 0 Å². The second kappa shape index (κ2) is 6.80. The minimum atomic E-state index is -0.431. The monoisotopic (exact) mass is 314 g/mol. The lowest BCUT2D eigenvalue weighted by molar-refractivity contribution is 0.612. The van der Waals surface area contributed by atoms with Crippen LogP contribution in [0.25, 0.3) is 0 Å². The van der Waals surface area contributed by atoms with Gasteiger partial charge in [-0.05, 0) is 6.92 Å². The number of hydrogen-bond donors (Lipinski definition) is 1. The fraction of sp³-hybridized carbons (Fsp3) is 0.455. The topological polar surface area (TPSA) is 66.8 Å². The SMILES string of the molecule is Cc1nnc(SCCNc2ncc(F)c(N(C)C)n2)s1. The Bertz CT molecular complexity index is 574. The van der Waals surface area contributed by atoms with Gasteiger partial charge in [-0.25, -0.2) is 9.37 Å². The van der Waals surface area contributed by atoms with Crippen molar-refractivity contribution in [2.75, 3.05) is 36.6 Å². The molecule has 0 aliphatic rings. The Morgan fingerprint density at radius 1 is 1.40 bits per heavy atom. The number of halogens is 1. The molecule has 0 aliphatic heterocycles.